The van der Waals surface area contributed by atoms with Crippen LogP contribution in [0.1, 0.15) is 31.7 Å². The van der Waals surface area contributed by atoms with Crippen LogP contribution < -0.4 is 15.4 Å². The fourth-order valence-electron chi connectivity index (χ4n) is 2.25. The maximum atomic E-state index is 12.3. The average molecular weight is 384 g/mol. The van der Waals surface area contributed by atoms with Crippen molar-refractivity contribution in [1.29, 1.82) is 0 Å². The van der Waals surface area contributed by atoms with E-state index < -0.39 is 5.25 Å². The molecule has 8 heteroatoms. The lowest BCUT2D eigenvalue weighted by Gasteiger charge is -2.13. The fourth-order valence-corrected chi connectivity index (χ4v) is 3.40. The zero-order valence-corrected chi connectivity index (χ0v) is 16.1. The molecular weight excluding hydrogens is 362 g/mol. The highest BCUT2D eigenvalue weighted by molar-refractivity contribution is 8.15. The Hall–Kier alpha value is -1.73. The molecule has 1 fully saturated rings. The standard InChI is InChI=1S/C17H22ClN3O3S/c1-4-5-6-19-17-21-16(23)14(25-17)9-15(22)20-12-7-10(2)11(18)8-13(12)24-3/h7-8,14H,4-6,9H2,1-3H3,(H,20,22)(H,19,21,23)/t14-/m1/s1. The topological polar surface area (TPSA) is 79.8 Å². The Kier molecular flexibility index (Phi) is 7.13. The number of halogens is 1. The number of aliphatic imine (C=N–C) groups is 1. The number of aryl methyl sites for hydroxylation is 1. The molecule has 0 saturated carbocycles. The number of nitrogens with zero attached hydrogens (tertiary/aromatic N) is 1. The Balaban J connectivity index is 1.98. The first kappa shape index (κ1) is 19.6. The Morgan fingerprint density at radius 2 is 2.24 bits per heavy atom. The molecule has 1 heterocycles. The summed E-state index contributed by atoms with van der Waals surface area (Å²) in [5, 5.41) is 6.20. The number of thioether (sulfide) groups is 1. The van der Waals surface area contributed by atoms with Gasteiger partial charge in [0.2, 0.25) is 11.8 Å². The number of carbonyl (C=O) groups is 2. The third-order valence-electron chi connectivity index (χ3n) is 3.67. The molecule has 6 nitrogen and oxygen atoms in total. The maximum Gasteiger partial charge on any atom is 0.240 e. The summed E-state index contributed by atoms with van der Waals surface area (Å²) in [5.74, 6) is 0.0337. The summed E-state index contributed by atoms with van der Waals surface area (Å²) in [6, 6.07) is 3.40. The van der Waals surface area contributed by atoms with E-state index in [-0.39, 0.29) is 18.2 Å². The number of benzene rings is 1. The van der Waals surface area contributed by atoms with Crippen molar-refractivity contribution in [1.82, 2.24) is 5.32 Å². The van der Waals surface area contributed by atoms with E-state index in [1.807, 2.05) is 6.92 Å². The van der Waals surface area contributed by atoms with Crippen molar-refractivity contribution in [2.75, 3.05) is 19.0 Å². The van der Waals surface area contributed by atoms with Crippen LogP contribution in [-0.2, 0) is 9.59 Å². The molecule has 0 spiro atoms. The summed E-state index contributed by atoms with van der Waals surface area (Å²) in [5.41, 5.74) is 1.37. The zero-order chi connectivity index (χ0) is 18.4. The smallest absolute Gasteiger partial charge is 0.240 e. The van der Waals surface area contributed by atoms with Gasteiger partial charge < -0.3 is 15.4 Å². The summed E-state index contributed by atoms with van der Waals surface area (Å²) in [6.45, 7) is 4.61. The summed E-state index contributed by atoms with van der Waals surface area (Å²) in [7, 11) is 1.51. The van der Waals surface area contributed by atoms with Crippen molar-refractivity contribution in [3.63, 3.8) is 0 Å². The number of methoxy groups -OCH3 is 1. The number of hydrogen-bond acceptors (Lipinski definition) is 5. The molecule has 136 valence electrons. The molecule has 0 aliphatic carbocycles. The van der Waals surface area contributed by atoms with E-state index in [0.29, 0.717) is 28.2 Å². The minimum atomic E-state index is -0.472. The summed E-state index contributed by atoms with van der Waals surface area (Å²) in [6.07, 6.45) is 2.08. The summed E-state index contributed by atoms with van der Waals surface area (Å²) < 4.78 is 5.24. The van der Waals surface area contributed by atoms with E-state index in [9.17, 15) is 9.59 Å². The average Bonchev–Trinajstić information content (AvgIpc) is 2.90. The van der Waals surface area contributed by atoms with E-state index in [0.717, 1.165) is 18.4 Å². The maximum absolute atomic E-state index is 12.3. The van der Waals surface area contributed by atoms with Crippen molar-refractivity contribution in [2.24, 2.45) is 4.99 Å². The molecule has 25 heavy (non-hydrogen) atoms. The number of unbranched alkanes of at least 4 members (excludes halogenated alkanes) is 1. The number of rotatable bonds is 7. The Morgan fingerprint density at radius 1 is 1.48 bits per heavy atom. The molecule has 1 aliphatic rings. The molecule has 2 amide bonds. The fraction of sp³-hybridized carbons (Fsp3) is 0.471. The van der Waals surface area contributed by atoms with E-state index >= 15 is 0 Å². The number of hydrogen-bond donors (Lipinski definition) is 2. The van der Waals surface area contributed by atoms with Gasteiger partial charge in [0, 0.05) is 24.1 Å². The lowest BCUT2D eigenvalue weighted by Crippen LogP contribution is -2.28. The normalized spacial score (nSPS) is 18.3. The first-order chi connectivity index (χ1) is 11.9. The molecule has 1 saturated heterocycles. The van der Waals surface area contributed by atoms with Gasteiger partial charge in [-0.1, -0.05) is 36.7 Å². The third-order valence-corrected chi connectivity index (χ3v) is 5.20. The minimum absolute atomic E-state index is 0.0636. The van der Waals surface area contributed by atoms with Gasteiger partial charge >= 0.3 is 0 Å². The molecular formula is C17H22ClN3O3S. The highest BCUT2D eigenvalue weighted by Gasteiger charge is 2.32. The van der Waals surface area contributed by atoms with Crippen molar-refractivity contribution in [3.8, 4) is 5.75 Å². The second-order valence-electron chi connectivity index (χ2n) is 5.69. The predicted octanol–water partition coefficient (Wildman–Crippen LogP) is 3.37. The third kappa shape index (κ3) is 5.37. The Morgan fingerprint density at radius 3 is 2.92 bits per heavy atom. The van der Waals surface area contributed by atoms with E-state index in [1.54, 1.807) is 12.1 Å². The summed E-state index contributed by atoms with van der Waals surface area (Å²) >= 11 is 7.36. The number of carbonyl (C=O) groups excluding carboxylic acids is 2. The van der Waals surface area contributed by atoms with Gasteiger partial charge in [0.15, 0.2) is 5.17 Å². The first-order valence-corrected chi connectivity index (χ1v) is 9.36. The molecule has 0 bridgehead atoms. The first-order valence-electron chi connectivity index (χ1n) is 8.10. The van der Waals surface area contributed by atoms with Crippen LogP contribution in [-0.4, -0.2) is 35.9 Å². The van der Waals surface area contributed by atoms with E-state index in [1.165, 1.54) is 18.9 Å². The molecule has 0 radical (unpaired) electrons. The Labute approximate surface area is 156 Å². The molecule has 1 atom stereocenters. The van der Waals surface area contributed by atoms with Gasteiger partial charge in [0.25, 0.3) is 0 Å². The lowest BCUT2D eigenvalue weighted by atomic mass is 10.2. The number of anilines is 1. The van der Waals surface area contributed by atoms with Gasteiger partial charge in [0.1, 0.15) is 11.0 Å². The zero-order valence-electron chi connectivity index (χ0n) is 14.5. The van der Waals surface area contributed by atoms with Crippen molar-refractivity contribution < 1.29 is 14.3 Å². The molecule has 1 aromatic carbocycles. The highest BCUT2D eigenvalue weighted by Crippen LogP contribution is 2.31. The van der Waals surface area contributed by atoms with Crippen LogP contribution in [0.15, 0.2) is 17.1 Å². The molecule has 2 rings (SSSR count). The SMILES string of the molecule is CCCCN=C1NC(=O)[C@@H](CC(=O)Nc2cc(C)c(Cl)cc2OC)S1. The monoisotopic (exact) mass is 383 g/mol. The summed E-state index contributed by atoms with van der Waals surface area (Å²) in [4.78, 5) is 28.6. The van der Waals surface area contributed by atoms with Crippen LogP contribution in [0.25, 0.3) is 0 Å². The molecule has 2 N–H and O–H groups in total. The van der Waals surface area contributed by atoms with Gasteiger partial charge in [-0.3, -0.25) is 14.6 Å². The van der Waals surface area contributed by atoms with Crippen LogP contribution in [0.5, 0.6) is 5.75 Å². The predicted molar refractivity (Wildman–Crippen MR) is 103 cm³/mol. The largest absolute Gasteiger partial charge is 0.495 e. The lowest BCUT2D eigenvalue weighted by molar-refractivity contribution is -0.122. The van der Waals surface area contributed by atoms with Gasteiger partial charge in [-0.15, -0.1) is 0 Å². The van der Waals surface area contributed by atoms with Crippen molar-refractivity contribution in [3.05, 3.63) is 22.7 Å². The van der Waals surface area contributed by atoms with Gasteiger partial charge in [0.05, 0.1) is 12.8 Å². The minimum Gasteiger partial charge on any atom is -0.495 e. The number of ether oxygens (including phenoxy) is 1. The van der Waals surface area contributed by atoms with Crippen LogP contribution in [0.4, 0.5) is 5.69 Å². The second-order valence-corrected chi connectivity index (χ2v) is 7.29. The van der Waals surface area contributed by atoms with Crippen LogP contribution in [0, 0.1) is 6.92 Å². The molecule has 1 aromatic rings. The van der Waals surface area contributed by atoms with Crippen LogP contribution in [0.2, 0.25) is 5.02 Å². The van der Waals surface area contributed by atoms with E-state index in [4.69, 9.17) is 16.3 Å². The van der Waals surface area contributed by atoms with E-state index in [2.05, 4.69) is 22.5 Å². The quantitative estimate of drug-likeness (QED) is 0.707. The van der Waals surface area contributed by atoms with Gasteiger partial charge in [-0.2, -0.15) is 0 Å². The van der Waals surface area contributed by atoms with Gasteiger partial charge in [-0.05, 0) is 25.0 Å². The number of nitrogens with one attached hydrogen (secondary N) is 2. The molecule has 0 unspecified atom stereocenters. The van der Waals surface area contributed by atoms with Crippen LogP contribution >= 0.6 is 23.4 Å². The van der Waals surface area contributed by atoms with Crippen molar-refractivity contribution >= 4 is 46.0 Å². The van der Waals surface area contributed by atoms with Crippen molar-refractivity contribution in [2.45, 2.75) is 38.4 Å². The highest BCUT2D eigenvalue weighted by atomic mass is 35.5. The number of amidine groups is 1. The second kappa shape index (κ2) is 9.10. The number of amides is 2. The Bertz CT molecular complexity index is 694. The molecule has 0 aromatic heterocycles. The molecule has 1 aliphatic heterocycles. The van der Waals surface area contributed by atoms with Crippen LogP contribution in [0.3, 0.4) is 0 Å². The van der Waals surface area contributed by atoms with Gasteiger partial charge in [-0.25, -0.2) is 0 Å².